The first-order chi connectivity index (χ1) is 23.4. The van der Waals surface area contributed by atoms with E-state index in [1.54, 1.807) is 20.8 Å². The molecular weight excluding hydrogens is 626 g/mol. The molecule has 12 heteroatoms. The van der Waals surface area contributed by atoms with Gasteiger partial charge in [-0.15, -0.1) is 0 Å². The minimum absolute atomic E-state index is 0.249. The number of esters is 2. The van der Waals surface area contributed by atoms with Gasteiger partial charge in [0, 0.05) is 18.4 Å². The summed E-state index contributed by atoms with van der Waals surface area (Å²) in [5.74, 6) is -2.41. The highest BCUT2D eigenvalue weighted by atomic mass is 16.6. The molecule has 5 rings (SSSR count). The number of nitrogens with zero attached hydrogens (tertiary/aromatic N) is 2. The molecule has 49 heavy (non-hydrogen) atoms. The van der Waals surface area contributed by atoms with Gasteiger partial charge in [0.05, 0.1) is 22.7 Å². The zero-order valence-corrected chi connectivity index (χ0v) is 29.1. The van der Waals surface area contributed by atoms with Crippen LogP contribution in [-0.2, 0) is 33.4 Å². The zero-order chi connectivity index (χ0) is 35.3. The Balaban J connectivity index is 1.50. The summed E-state index contributed by atoms with van der Waals surface area (Å²) in [5, 5.41) is 8.07. The molecule has 0 unspecified atom stereocenters. The number of fused-ring (bicyclic) bond motifs is 4. The molecule has 12 nitrogen and oxygen atoms in total. The van der Waals surface area contributed by atoms with Crippen molar-refractivity contribution in [3.8, 4) is 0 Å². The van der Waals surface area contributed by atoms with Crippen LogP contribution in [0.4, 0.5) is 0 Å². The standard InChI is InChI=1S/C37H49N5O7/c1-6-8-31(43)48-27-15-18-37(19-16-27)17-14-25-10-11-26-12-13-28(40-30(26)21-25)23(4)38-33(44)29-9-7-20-42(41-29)35(46)24(5)39-34(45)32(22(2)3)49-36(37)47/h10-14,17,21-24,27,29,32,41H,6-9,15-16,18-20H2,1-5H3,(H,38,44)(H,39,45)/b17-14+/t23-,24+,27-,29+,32+,37-/m1/s1. The van der Waals surface area contributed by atoms with Crippen molar-refractivity contribution in [1.82, 2.24) is 26.1 Å². The summed E-state index contributed by atoms with van der Waals surface area (Å²) in [6.45, 7) is 9.30. The average Bonchev–Trinajstić information content (AvgIpc) is 3.09. The second-order valence-electron chi connectivity index (χ2n) is 14.0. The molecule has 4 atom stereocenters. The normalized spacial score (nSPS) is 29.3. The first-order valence-corrected chi connectivity index (χ1v) is 17.6. The van der Waals surface area contributed by atoms with Gasteiger partial charge in [-0.2, -0.15) is 0 Å². The lowest BCUT2D eigenvalue weighted by Crippen LogP contribution is -2.61. The molecule has 264 valence electrons. The van der Waals surface area contributed by atoms with Crippen LogP contribution in [0.3, 0.4) is 0 Å². The van der Waals surface area contributed by atoms with Gasteiger partial charge in [0.1, 0.15) is 18.2 Å². The number of carbonyl (C=O) groups is 5. The third-order valence-corrected chi connectivity index (χ3v) is 9.71. The van der Waals surface area contributed by atoms with Gasteiger partial charge in [0.15, 0.2) is 6.10 Å². The molecule has 0 radical (unpaired) electrons. The number of hydrazine groups is 1. The Bertz CT molecular complexity index is 1600. The lowest BCUT2D eigenvalue weighted by Gasteiger charge is -2.37. The topological polar surface area (TPSA) is 156 Å². The molecule has 1 aliphatic carbocycles. The van der Waals surface area contributed by atoms with E-state index in [0.29, 0.717) is 63.6 Å². The lowest BCUT2D eigenvalue weighted by molar-refractivity contribution is -0.170. The molecule has 2 fully saturated rings. The van der Waals surface area contributed by atoms with Crippen LogP contribution < -0.4 is 16.1 Å². The second kappa shape index (κ2) is 15.5. The van der Waals surface area contributed by atoms with Crippen LogP contribution in [0.2, 0.25) is 0 Å². The van der Waals surface area contributed by atoms with Gasteiger partial charge in [-0.25, -0.2) is 5.43 Å². The molecule has 1 spiro atoms. The number of nitrogens with one attached hydrogen (secondary N) is 3. The van der Waals surface area contributed by atoms with Gasteiger partial charge < -0.3 is 20.1 Å². The number of benzene rings is 1. The van der Waals surface area contributed by atoms with Crippen molar-refractivity contribution in [3.63, 3.8) is 0 Å². The minimum atomic E-state index is -1.15. The van der Waals surface area contributed by atoms with Gasteiger partial charge in [0.25, 0.3) is 11.8 Å². The quantitative estimate of drug-likeness (QED) is 0.403. The Hall–Kier alpha value is -4.32. The average molecular weight is 676 g/mol. The number of hydrogen-bond donors (Lipinski definition) is 3. The Morgan fingerprint density at radius 1 is 1.02 bits per heavy atom. The van der Waals surface area contributed by atoms with Crippen molar-refractivity contribution in [2.45, 2.75) is 116 Å². The summed E-state index contributed by atoms with van der Waals surface area (Å²) in [7, 11) is 0. The first-order valence-electron chi connectivity index (χ1n) is 17.6. The molecule has 3 aliphatic rings. The van der Waals surface area contributed by atoms with Crippen molar-refractivity contribution in [1.29, 1.82) is 0 Å². The summed E-state index contributed by atoms with van der Waals surface area (Å²) in [4.78, 5) is 71.6. The summed E-state index contributed by atoms with van der Waals surface area (Å²) in [6, 6.07) is 7.69. The maximum atomic E-state index is 14.2. The van der Waals surface area contributed by atoms with Crippen molar-refractivity contribution < 1.29 is 33.4 Å². The van der Waals surface area contributed by atoms with Crippen LogP contribution in [0.1, 0.15) is 103 Å². The maximum absolute atomic E-state index is 14.2. The monoisotopic (exact) mass is 675 g/mol. The third-order valence-electron chi connectivity index (χ3n) is 9.71. The molecule has 3 amide bonds. The highest BCUT2D eigenvalue weighted by molar-refractivity contribution is 5.92. The van der Waals surface area contributed by atoms with Gasteiger partial charge >= 0.3 is 11.9 Å². The molecule has 1 saturated carbocycles. The van der Waals surface area contributed by atoms with E-state index < -0.39 is 47.4 Å². The van der Waals surface area contributed by atoms with Crippen LogP contribution in [0.15, 0.2) is 36.4 Å². The van der Waals surface area contributed by atoms with Crippen molar-refractivity contribution in [2.24, 2.45) is 11.3 Å². The highest BCUT2D eigenvalue weighted by Crippen LogP contribution is 2.41. The largest absolute Gasteiger partial charge is 0.462 e. The third kappa shape index (κ3) is 8.46. The number of hydrogen-bond acceptors (Lipinski definition) is 9. The van der Waals surface area contributed by atoms with Gasteiger partial charge in [-0.3, -0.25) is 34.0 Å². The fourth-order valence-electron chi connectivity index (χ4n) is 6.70. The van der Waals surface area contributed by atoms with Crippen LogP contribution in [0.25, 0.3) is 17.0 Å². The van der Waals surface area contributed by atoms with Crippen molar-refractivity contribution in [3.05, 3.63) is 47.7 Å². The molecular formula is C37H49N5O7. The smallest absolute Gasteiger partial charge is 0.316 e. The summed E-state index contributed by atoms with van der Waals surface area (Å²) in [5.41, 5.74) is 4.20. The second-order valence-corrected chi connectivity index (χ2v) is 14.0. The Morgan fingerprint density at radius 2 is 1.73 bits per heavy atom. The molecule has 2 aliphatic heterocycles. The number of aromatic nitrogens is 1. The number of cyclic esters (lactones) is 1. The minimum Gasteiger partial charge on any atom is -0.462 e. The Labute approximate surface area is 287 Å². The van der Waals surface area contributed by atoms with E-state index >= 15 is 0 Å². The van der Waals surface area contributed by atoms with Gasteiger partial charge in [0.2, 0.25) is 5.91 Å². The van der Waals surface area contributed by atoms with Crippen LogP contribution in [0, 0.1) is 11.3 Å². The van der Waals surface area contributed by atoms with Gasteiger partial charge in [-0.1, -0.05) is 51.1 Å². The van der Waals surface area contributed by atoms with E-state index in [1.807, 2.05) is 56.3 Å². The summed E-state index contributed by atoms with van der Waals surface area (Å²) < 4.78 is 11.7. The number of pyridine rings is 1. The molecule has 3 N–H and O–H groups in total. The SMILES string of the molecule is CCCC(=O)O[C@H]1CC[C@@]2(/C=C/c3ccc4ccc(nc4c3)[C@@H](C)NC(=O)[C@@H]3CCCN(N3)C(=O)[C@H](C)NC(=O)[C@H](C(C)C)OC2=O)CC1. The fourth-order valence-corrected chi connectivity index (χ4v) is 6.70. The van der Waals surface area contributed by atoms with Crippen LogP contribution in [-0.4, -0.2) is 70.5 Å². The molecule has 1 saturated heterocycles. The fraction of sp³-hybridized carbons (Fsp3) is 0.568. The van der Waals surface area contributed by atoms with E-state index in [4.69, 9.17) is 14.5 Å². The van der Waals surface area contributed by atoms with Gasteiger partial charge in [-0.05, 0) is 82.4 Å². The van der Waals surface area contributed by atoms with E-state index in [1.165, 1.54) is 5.01 Å². The number of carbonyl (C=O) groups excluding carboxylic acids is 5. The lowest BCUT2D eigenvalue weighted by atomic mass is 9.72. The molecule has 5 bridgehead atoms. The zero-order valence-electron chi connectivity index (χ0n) is 29.1. The Kier molecular flexibility index (Phi) is 11.4. The van der Waals surface area contributed by atoms with E-state index in [-0.39, 0.29) is 23.9 Å². The van der Waals surface area contributed by atoms with Crippen molar-refractivity contribution >= 4 is 46.6 Å². The molecule has 2 aromatic rings. The maximum Gasteiger partial charge on any atom is 0.316 e. The first kappa shape index (κ1) is 36.0. The predicted octanol–water partition coefficient (Wildman–Crippen LogP) is 4.28. The molecule has 1 aromatic carbocycles. The number of rotatable bonds is 4. The highest BCUT2D eigenvalue weighted by Gasteiger charge is 2.44. The number of amides is 3. The summed E-state index contributed by atoms with van der Waals surface area (Å²) >= 11 is 0. The van der Waals surface area contributed by atoms with E-state index in [9.17, 15) is 24.0 Å². The van der Waals surface area contributed by atoms with Crippen LogP contribution in [0.5, 0.6) is 0 Å². The van der Waals surface area contributed by atoms with Crippen LogP contribution >= 0.6 is 0 Å². The van der Waals surface area contributed by atoms with Crippen molar-refractivity contribution in [2.75, 3.05) is 6.54 Å². The Morgan fingerprint density at radius 3 is 2.45 bits per heavy atom. The summed E-state index contributed by atoms with van der Waals surface area (Å²) in [6.07, 6.45) is 6.09. The molecule has 3 heterocycles. The number of ether oxygens (including phenoxy) is 2. The predicted molar refractivity (Wildman–Crippen MR) is 183 cm³/mol. The molecule has 1 aromatic heterocycles. The van der Waals surface area contributed by atoms with E-state index in [2.05, 4.69) is 16.1 Å². The van der Waals surface area contributed by atoms with E-state index in [0.717, 1.165) is 16.5 Å².